The Morgan fingerprint density at radius 1 is 1.36 bits per heavy atom. The third-order valence-corrected chi connectivity index (χ3v) is 4.84. The van der Waals surface area contributed by atoms with E-state index < -0.39 is 0 Å². The number of hydrogen-bond acceptors (Lipinski definition) is 5. The van der Waals surface area contributed by atoms with Crippen LogP contribution in [0.5, 0.6) is 0 Å². The molecule has 0 spiro atoms. The van der Waals surface area contributed by atoms with Crippen molar-refractivity contribution < 1.29 is 4.79 Å². The van der Waals surface area contributed by atoms with Crippen LogP contribution in [0.3, 0.4) is 0 Å². The lowest BCUT2D eigenvalue weighted by Crippen LogP contribution is -2.34. The molecule has 0 bridgehead atoms. The molecule has 114 valence electrons. The van der Waals surface area contributed by atoms with E-state index in [9.17, 15) is 4.79 Å². The van der Waals surface area contributed by atoms with E-state index in [0.29, 0.717) is 11.7 Å². The van der Waals surface area contributed by atoms with Crippen LogP contribution in [-0.4, -0.2) is 23.4 Å². The average Bonchev–Trinajstić information content (AvgIpc) is 3.18. The normalized spacial score (nSPS) is 14.2. The van der Waals surface area contributed by atoms with Gasteiger partial charge in [0.2, 0.25) is 0 Å². The van der Waals surface area contributed by atoms with Gasteiger partial charge in [0.05, 0.1) is 0 Å². The quantitative estimate of drug-likeness (QED) is 0.887. The van der Waals surface area contributed by atoms with Crippen LogP contribution in [0.2, 0.25) is 0 Å². The fourth-order valence-corrected chi connectivity index (χ4v) is 3.56. The molecule has 0 fully saturated rings. The minimum atomic E-state index is -0.311. The molecule has 0 unspecified atom stereocenters. The average molecular weight is 332 g/mol. The first-order valence-corrected chi connectivity index (χ1v) is 8.87. The van der Waals surface area contributed by atoms with E-state index in [1.54, 1.807) is 11.3 Å². The zero-order valence-corrected chi connectivity index (χ0v) is 13.8. The molecular formula is C15H16N4OS2. The Balaban J connectivity index is 1.61. The van der Waals surface area contributed by atoms with Crippen LogP contribution in [0.4, 0.5) is 10.6 Å². The number of hydrogen-bond donors (Lipinski definition) is 2. The van der Waals surface area contributed by atoms with E-state index in [2.05, 4.69) is 27.5 Å². The topological polar surface area (TPSA) is 66.4 Å². The van der Waals surface area contributed by atoms with Gasteiger partial charge in [-0.25, -0.2) is 9.78 Å². The van der Waals surface area contributed by atoms with Crippen molar-refractivity contribution in [3.8, 4) is 10.6 Å². The van der Waals surface area contributed by atoms with E-state index in [0.717, 1.165) is 30.0 Å². The molecule has 0 saturated heterocycles. The van der Waals surface area contributed by atoms with Gasteiger partial charge in [-0.3, -0.25) is 15.6 Å². The fourth-order valence-electron chi connectivity index (χ4n) is 2.10. The number of nitrogens with zero attached hydrogens (tertiary/aromatic N) is 2. The number of aliphatic imine (C=N–C) groups is 1. The van der Waals surface area contributed by atoms with Gasteiger partial charge in [0.15, 0.2) is 0 Å². The van der Waals surface area contributed by atoms with E-state index in [1.807, 2.05) is 28.3 Å². The van der Waals surface area contributed by atoms with Crippen LogP contribution in [0.15, 0.2) is 38.8 Å². The Labute approximate surface area is 136 Å². The highest BCUT2D eigenvalue weighted by atomic mass is 32.1. The van der Waals surface area contributed by atoms with Crippen LogP contribution < -0.4 is 10.6 Å². The summed E-state index contributed by atoms with van der Waals surface area (Å²) in [6.07, 6.45) is 3.90. The number of anilines is 1. The van der Waals surface area contributed by atoms with Crippen LogP contribution >= 0.6 is 22.7 Å². The van der Waals surface area contributed by atoms with Gasteiger partial charge >= 0.3 is 6.03 Å². The zero-order valence-electron chi connectivity index (χ0n) is 12.1. The molecule has 3 heterocycles. The monoisotopic (exact) mass is 332 g/mol. The molecule has 2 aromatic rings. The van der Waals surface area contributed by atoms with Crippen molar-refractivity contribution >= 4 is 40.4 Å². The lowest BCUT2D eigenvalue weighted by molar-refractivity contribution is 0.256. The third kappa shape index (κ3) is 3.61. The molecule has 0 saturated carbocycles. The standard InChI is InChI=1S/C15H16N4OS2/c1-2-10-3-5-16-12(7-10)18-15(20)19-13-9-22-14(17-13)11-4-6-21-8-11/h4,6-9H,2-3,5H2,1H3,(H2,16,18,19,20). The minimum Gasteiger partial charge on any atom is -0.292 e. The summed E-state index contributed by atoms with van der Waals surface area (Å²) in [6, 6.07) is 1.70. The fraction of sp³-hybridized carbons (Fsp3) is 0.267. The summed E-state index contributed by atoms with van der Waals surface area (Å²) < 4.78 is 0. The molecule has 0 aliphatic carbocycles. The zero-order chi connectivity index (χ0) is 15.4. The predicted molar refractivity (Wildman–Crippen MR) is 92.9 cm³/mol. The van der Waals surface area contributed by atoms with Crippen LogP contribution in [0, 0.1) is 0 Å². The molecule has 22 heavy (non-hydrogen) atoms. The molecule has 0 atom stereocenters. The van der Waals surface area contributed by atoms with Crippen molar-refractivity contribution in [2.75, 3.05) is 11.9 Å². The molecule has 7 heteroatoms. The number of thiazole rings is 1. The highest BCUT2D eigenvalue weighted by Gasteiger charge is 2.11. The van der Waals surface area contributed by atoms with Crippen molar-refractivity contribution in [2.24, 2.45) is 4.99 Å². The number of amides is 2. The van der Waals surface area contributed by atoms with Crippen molar-refractivity contribution in [1.29, 1.82) is 0 Å². The van der Waals surface area contributed by atoms with Gasteiger partial charge in [-0.05, 0) is 30.4 Å². The summed E-state index contributed by atoms with van der Waals surface area (Å²) in [4.78, 5) is 20.7. The summed E-state index contributed by atoms with van der Waals surface area (Å²) >= 11 is 3.14. The number of aromatic nitrogens is 1. The van der Waals surface area contributed by atoms with E-state index in [-0.39, 0.29) is 6.03 Å². The maximum Gasteiger partial charge on any atom is 0.326 e. The summed E-state index contributed by atoms with van der Waals surface area (Å²) in [7, 11) is 0. The number of amidine groups is 1. The molecular weight excluding hydrogens is 316 g/mol. The van der Waals surface area contributed by atoms with Gasteiger partial charge in [0, 0.05) is 22.9 Å². The lowest BCUT2D eigenvalue weighted by atomic mass is 10.1. The summed E-state index contributed by atoms with van der Waals surface area (Å²) in [5, 5.41) is 12.3. The molecule has 2 N–H and O–H groups in total. The number of dihydropyridines is 1. The number of carbonyl (C=O) groups excluding carboxylic acids is 1. The Kier molecular flexibility index (Phi) is 4.65. The predicted octanol–water partition coefficient (Wildman–Crippen LogP) is 4.13. The van der Waals surface area contributed by atoms with E-state index >= 15 is 0 Å². The lowest BCUT2D eigenvalue weighted by Gasteiger charge is -2.12. The number of thiophene rings is 1. The van der Waals surface area contributed by atoms with E-state index in [1.165, 1.54) is 16.9 Å². The Bertz CT molecular complexity index is 716. The second kappa shape index (κ2) is 6.85. The number of rotatable bonds is 3. The maximum atomic E-state index is 12.0. The second-order valence-electron chi connectivity index (χ2n) is 4.80. The molecule has 3 rings (SSSR count). The number of carbonyl (C=O) groups is 1. The van der Waals surface area contributed by atoms with Gasteiger partial charge in [-0.2, -0.15) is 11.3 Å². The van der Waals surface area contributed by atoms with Gasteiger partial charge in [0.25, 0.3) is 0 Å². The molecule has 2 amide bonds. The van der Waals surface area contributed by atoms with Crippen molar-refractivity contribution in [3.63, 3.8) is 0 Å². The Hall–Kier alpha value is -1.99. The largest absolute Gasteiger partial charge is 0.326 e. The van der Waals surface area contributed by atoms with Gasteiger partial charge in [-0.15, -0.1) is 11.3 Å². The Morgan fingerprint density at radius 3 is 3.05 bits per heavy atom. The van der Waals surface area contributed by atoms with E-state index in [4.69, 9.17) is 0 Å². The van der Waals surface area contributed by atoms with Gasteiger partial charge < -0.3 is 0 Å². The summed E-state index contributed by atoms with van der Waals surface area (Å²) in [5.74, 6) is 1.17. The van der Waals surface area contributed by atoms with Crippen LogP contribution in [0.1, 0.15) is 19.8 Å². The Morgan fingerprint density at radius 2 is 2.27 bits per heavy atom. The molecule has 0 radical (unpaired) electrons. The SMILES string of the molecule is CCC1=CC(NC(=O)Nc2csc(-c3ccsc3)n2)=NCC1. The highest BCUT2D eigenvalue weighted by molar-refractivity contribution is 7.14. The first-order chi connectivity index (χ1) is 10.7. The van der Waals surface area contributed by atoms with Crippen LogP contribution in [-0.2, 0) is 0 Å². The third-order valence-electron chi connectivity index (χ3n) is 3.27. The molecule has 1 aliphatic rings. The van der Waals surface area contributed by atoms with Crippen molar-refractivity contribution in [2.45, 2.75) is 19.8 Å². The van der Waals surface area contributed by atoms with Gasteiger partial charge in [0.1, 0.15) is 16.7 Å². The molecule has 1 aliphatic heterocycles. The number of urea groups is 1. The summed E-state index contributed by atoms with van der Waals surface area (Å²) in [6.45, 7) is 2.84. The van der Waals surface area contributed by atoms with Gasteiger partial charge in [-0.1, -0.05) is 12.5 Å². The van der Waals surface area contributed by atoms with Crippen LogP contribution in [0.25, 0.3) is 10.6 Å². The first kappa shape index (κ1) is 14.9. The number of nitrogens with one attached hydrogen (secondary N) is 2. The van der Waals surface area contributed by atoms with Crippen molar-refractivity contribution in [3.05, 3.63) is 33.9 Å². The molecule has 0 aromatic carbocycles. The maximum absolute atomic E-state index is 12.0. The summed E-state index contributed by atoms with van der Waals surface area (Å²) in [5.41, 5.74) is 2.38. The smallest absolute Gasteiger partial charge is 0.292 e. The first-order valence-electron chi connectivity index (χ1n) is 7.04. The van der Waals surface area contributed by atoms with Crippen molar-refractivity contribution in [1.82, 2.24) is 10.3 Å². The molecule has 5 nitrogen and oxygen atoms in total. The highest BCUT2D eigenvalue weighted by Crippen LogP contribution is 2.27. The minimum absolute atomic E-state index is 0.311. The molecule has 2 aromatic heterocycles. The second-order valence-corrected chi connectivity index (χ2v) is 6.44.